The Hall–Kier alpha value is -0.940. The number of aromatic nitrogens is 3. The monoisotopic (exact) mass is 264 g/mol. The number of hydrogen-bond acceptors (Lipinski definition) is 4. The summed E-state index contributed by atoms with van der Waals surface area (Å²) in [6.45, 7) is 3.40. The average Bonchev–Trinajstić information content (AvgIpc) is 3.19. The van der Waals surface area contributed by atoms with Gasteiger partial charge in [-0.1, -0.05) is 18.1 Å². The zero-order chi connectivity index (χ0) is 13.1. The van der Waals surface area contributed by atoms with E-state index in [-0.39, 0.29) is 0 Å². The van der Waals surface area contributed by atoms with Gasteiger partial charge in [-0.3, -0.25) is 0 Å². The molecule has 1 saturated carbocycles. The van der Waals surface area contributed by atoms with Gasteiger partial charge < -0.3 is 10.5 Å². The van der Waals surface area contributed by atoms with E-state index in [0.717, 1.165) is 50.6 Å². The van der Waals surface area contributed by atoms with Gasteiger partial charge in [0.15, 0.2) is 0 Å². The van der Waals surface area contributed by atoms with Gasteiger partial charge in [0.1, 0.15) is 0 Å². The van der Waals surface area contributed by atoms with Gasteiger partial charge >= 0.3 is 0 Å². The predicted molar refractivity (Wildman–Crippen MR) is 72.9 cm³/mol. The van der Waals surface area contributed by atoms with Crippen LogP contribution in [0.2, 0.25) is 0 Å². The lowest BCUT2D eigenvalue weighted by atomic mass is 9.94. The van der Waals surface area contributed by atoms with E-state index in [0.29, 0.717) is 12.5 Å². The number of rotatable bonds is 6. The summed E-state index contributed by atoms with van der Waals surface area (Å²) in [4.78, 5) is 0. The lowest BCUT2D eigenvalue weighted by molar-refractivity contribution is 0.0832. The summed E-state index contributed by atoms with van der Waals surface area (Å²) < 4.78 is 7.62. The zero-order valence-electron chi connectivity index (χ0n) is 11.6. The quantitative estimate of drug-likeness (QED) is 0.845. The molecule has 0 aromatic carbocycles. The number of hydrogen-bond donors (Lipinski definition) is 1. The average molecular weight is 264 g/mol. The van der Waals surface area contributed by atoms with Crippen LogP contribution in [0.25, 0.3) is 0 Å². The van der Waals surface area contributed by atoms with Crippen molar-refractivity contribution < 1.29 is 4.74 Å². The van der Waals surface area contributed by atoms with Gasteiger partial charge in [-0.05, 0) is 31.7 Å². The number of nitrogens with two attached hydrogens (primary N) is 1. The van der Waals surface area contributed by atoms with E-state index < -0.39 is 0 Å². The Labute approximate surface area is 114 Å². The molecule has 1 aromatic rings. The first-order valence-corrected chi connectivity index (χ1v) is 7.58. The molecule has 0 atom stereocenters. The highest BCUT2D eigenvalue weighted by Gasteiger charge is 2.26. The molecular weight excluding hydrogens is 240 g/mol. The van der Waals surface area contributed by atoms with Gasteiger partial charge in [0.05, 0.1) is 11.4 Å². The molecule has 2 aliphatic rings. The molecule has 19 heavy (non-hydrogen) atoms. The molecule has 0 radical (unpaired) electrons. The van der Waals surface area contributed by atoms with E-state index in [1.165, 1.54) is 25.0 Å². The largest absolute Gasteiger partial charge is 0.381 e. The molecule has 106 valence electrons. The number of ether oxygens (including phenoxy) is 1. The van der Waals surface area contributed by atoms with Crippen LogP contribution in [0.4, 0.5) is 0 Å². The van der Waals surface area contributed by atoms with Crippen LogP contribution in [0.3, 0.4) is 0 Å². The lowest BCUT2D eigenvalue weighted by Gasteiger charge is -2.23. The van der Waals surface area contributed by atoms with Crippen LogP contribution >= 0.6 is 0 Å². The standard InChI is InChI=1S/C14H24N4O/c15-7-3-13-14(12-5-9-19-10-6-12)18(17-16-13)8-4-11-1-2-11/h11-12H,1-10,15H2. The Morgan fingerprint density at radius 3 is 2.68 bits per heavy atom. The SMILES string of the molecule is NCCc1nnn(CCC2CC2)c1C1CCOCC1. The number of aryl methyl sites for hydroxylation is 1. The minimum Gasteiger partial charge on any atom is -0.381 e. The summed E-state index contributed by atoms with van der Waals surface area (Å²) >= 11 is 0. The van der Waals surface area contributed by atoms with Crippen LogP contribution in [0.15, 0.2) is 0 Å². The summed E-state index contributed by atoms with van der Waals surface area (Å²) in [7, 11) is 0. The maximum Gasteiger partial charge on any atom is 0.0874 e. The molecule has 0 unspecified atom stereocenters. The third-order valence-corrected chi connectivity index (χ3v) is 4.28. The van der Waals surface area contributed by atoms with Gasteiger partial charge in [0.25, 0.3) is 0 Å². The summed E-state index contributed by atoms with van der Waals surface area (Å²) in [5.74, 6) is 1.49. The molecule has 3 rings (SSSR count). The smallest absolute Gasteiger partial charge is 0.0874 e. The third kappa shape index (κ3) is 3.15. The van der Waals surface area contributed by atoms with Crippen LogP contribution in [-0.2, 0) is 17.7 Å². The molecule has 1 aromatic heterocycles. The van der Waals surface area contributed by atoms with Crippen molar-refractivity contribution in [2.45, 2.75) is 51.0 Å². The number of nitrogens with zero attached hydrogens (tertiary/aromatic N) is 3. The fourth-order valence-electron chi connectivity index (χ4n) is 2.97. The Morgan fingerprint density at radius 1 is 1.21 bits per heavy atom. The molecule has 1 saturated heterocycles. The van der Waals surface area contributed by atoms with Crippen LogP contribution in [-0.4, -0.2) is 34.8 Å². The van der Waals surface area contributed by atoms with Crippen molar-refractivity contribution in [2.24, 2.45) is 11.7 Å². The van der Waals surface area contributed by atoms with Crippen LogP contribution in [0, 0.1) is 5.92 Å². The van der Waals surface area contributed by atoms with Crippen molar-refractivity contribution in [3.8, 4) is 0 Å². The minimum atomic E-state index is 0.560. The van der Waals surface area contributed by atoms with Crippen molar-refractivity contribution in [2.75, 3.05) is 19.8 Å². The first kappa shape index (κ1) is 13.1. The van der Waals surface area contributed by atoms with Gasteiger partial charge in [-0.15, -0.1) is 5.10 Å². The van der Waals surface area contributed by atoms with Crippen molar-refractivity contribution >= 4 is 0 Å². The molecule has 2 N–H and O–H groups in total. The minimum absolute atomic E-state index is 0.560. The topological polar surface area (TPSA) is 66.0 Å². The third-order valence-electron chi connectivity index (χ3n) is 4.28. The summed E-state index contributed by atoms with van der Waals surface area (Å²) in [6, 6.07) is 0. The summed E-state index contributed by atoms with van der Waals surface area (Å²) in [5.41, 5.74) is 8.16. The molecule has 1 aliphatic heterocycles. The van der Waals surface area contributed by atoms with E-state index >= 15 is 0 Å². The van der Waals surface area contributed by atoms with Gasteiger partial charge in [0, 0.05) is 32.1 Å². The Morgan fingerprint density at radius 2 is 2.00 bits per heavy atom. The zero-order valence-corrected chi connectivity index (χ0v) is 11.6. The van der Waals surface area contributed by atoms with E-state index in [1.807, 2.05) is 0 Å². The lowest BCUT2D eigenvalue weighted by Crippen LogP contribution is -2.20. The highest BCUT2D eigenvalue weighted by Crippen LogP contribution is 2.34. The second kappa shape index (κ2) is 6.01. The molecular formula is C14H24N4O. The predicted octanol–water partition coefficient (Wildman–Crippen LogP) is 1.47. The Balaban J connectivity index is 1.76. The fraction of sp³-hybridized carbons (Fsp3) is 0.857. The molecule has 1 aliphatic carbocycles. The normalized spacial score (nSPS) is 20.9. The van der Waals surface area contributed by atoms with E-state index in [1.54, 1.807) is 0 Å². The Bertz CT molecular complexity index is 408. The molecule has 2 fully saturated rings. The van der Waals surface area contributed by atoms with Gasteiger partial charge in [0.2, 0.25) is 0 Å². The molecule has 5 heteroatoms. The van der Waals surface area contributed by atoms with Crippen molar-refractivity contribution in [3.05, 3.63) is 11.4 Å². The maximum atomic E-state index is 5.70. The Kier molecular flexibility index (Phi) is 4.13. The fourth-order valence-corrected chi connectivity index (χ4v) is 2.97. The van der Waals surface area contributed by atoms with Gasteiger partial charge in [-0.25, -0.2) is 4.68 Å². The highest BCUT2D eigenvalue weighted by atomic mass is 16.5. The summed E-state index contributed by atoms with van der Waals surface area (Å²) in [6.07, 6.45) is 7.08. The second-order valence-electron chi connectivity index (χ2n) is 5.80. The van der Waals surface area contributed by atoms with Crippen molar-refractivity contribution in [3.63, 3.8) is 0 Å². The van der Waals surface area contributed by atoms with Gasteiger partial charge in [-0.2, -0.15) is 0 Å². The molecule has 5 nitrogen and oxygen atoms in total. The molecule has 0 spiro atoms. The first-order chi connectivity index (χ1) is 9.38. The van der Waals surface area contributed by atoms with E-state index in [4.69, 9.17) is 10.5 Å². The molecule has 0 amide bonds. The highest BCUT2D eigenvalue weighted by molar-refractivity contribution is 5.17. The van der Waals surface area contributed by atoms with Crippen LogP contribution in [0.5, 0.6) is 0 Å². The molecule has 0 bridgehead atoms. The van der Waals surface area contributed by atoms with Crippen LogP contribution in [0.1, 0.15) is 49.4 Å². The maximum absolute atomic E-state index is 5.70. The van der Waals surface area contributed by atoms with Crippen LogP contribution < -0.4 is 5.73 Å². The summed E-state index contributed by atoms with van der Waals surface area (Å²) in [5, 5.41) is 8.75. The van der Waals surface area contributed by atoms with Crippen molar-refractivity contribution in [1.29, 1.82) is 0 Å². The second-order valence-corrected chi connectivity index (χ2v) is 5.80. The van der Waals surface area contributed by atoms with Crippen molar-refractivity contribution in [1.82, 2.24) is 15.0 Å². The molecule has 2 heterocycles. The van der Waals surface area contributed by atoms with E-state index in [2.05, 4.69) is 15.0 Å². The first-order valence-electron chi connectivity index (χ1n) is 7.58. The van der Waals surface area contributed by atoms with E-state index in [9.17, 15) is 0 Å².